The van der Waals surface area contributed by atoms with Crippen molar-refractivity contribution >= 4 is 11.6 Å². The predicted molar refractivity (Wildman–Crippen MR) is 97.3 cm³/mol. The molecule has 0 radical (unpaired) electrons. The molecule has 3 rings (SSSR count). The highest BCUT2D eigenvalue weighted by atomic mass is 16.2. The van der Waals surface area contributed by atoms with Gasteiger partial charge in [0.2, 0.25) is 0 Å². The Balaban J connectivity index is 1.87. The van der Waals surface area contributed by atoms with E-state index in [9.17, 15) is 4.79 Å². The molecule has 0 spiro atoms. The van der Waals surface area contributed by atoms with E-state index in [1.807, 2.05) is 43.3 Å². The summed E-state index contributed by atoms with van der Waals surface area (Å²) in [6.07, 6.45) is 4.40. The second-order valence-electron chi connectivity index (χ2n) is 5.54. The zero-order valence-corrected chi connectivity index (χ0v) is 13.8. The maximum atomic E-state index is 12.1. The van der Waals surface area contributed by atoms with Crippen LogP contribution in [0, 0.1) is 0 Å². The molecule has 0 saturated heterocycles. The van der Waals surface area contributed by atoms with Gasteiger partial charge in [-0.25, -0.2) is 10.4 Å². The van der Waals surface area contributed by atoms with Crippen molar-refractivity contribution in [3.63, 3.8) is 0 Å². The Morgan fingerprint density at radius 1 is 0.960 bits per heavy atom. The number of benzene rings is 2. The average molecular weight is 330 g/mol. The number of aromatic nitrogens is 2. The molecule has 0 bridgehead atoms. The Morgan fingerprint density at radius 3 is 2.08 bits per heavy atom. The number of hydrogen-bond acceptors (Lipinski definition) is 4. The first kappa shape index (κ1) is 16.5. The lowest BCUT2D eigenvalue weighted by Gasteiger charge is -2.18. The van der Waals surface area contributed by atoms with E-state index in [-0.39, 0.29) is 17.5 Å². The quantitative estimate of drug-likeness (QED) is 0.576. The molecule has 0 fully saturated rings. The Morgan fingerprint density at radius 2 is 1.56 bits per heavy atom. The van der Waals surface area contributed by atoms with Crippen LogP contribution < -0.4 is 5.43 Å². The van der Waals surface area contributed by atoms with Crippen molar-refractivity contribution in [1.82, 2.24) is 15.4 Å². The Labute approximate surface area is 146 Å². The van der Waals surface area contributed by atoms with Gasteiger partial charge in [0.1, 0.15) is 5.69 Å². The summed E-state index contributed by atoms with van der Waals surface area (Å²) in [5.41, 5.74) is 5.81. The van der Waals surface area contributed by atoms with Crippen LogP contribution in [0.4, 0.5) is 0 Å². The molecule has 0 aliphatic carbocycles. The van der Waals surface area contributed by atoms with Crippen LogP contribution in [0.5, 0.6) is 0 Å². The number of nitrogens with zero attached hydrogens (tertiary/aromatic N) is 3. The molecular weight excluding hydrogens is 312 g/mol. The minimum absolute atomic E-state index is 0.0374. The number of hydrazone groups is 1. The van der Waals surface area contributed by atoms with Gasteiger partial charge in [0.25, 0.3) is 5.91 Å². The molecule has 2 aromatic carbocycles. The van der Waals surface area contributed by atoms with Crippen LogP contribution in [0.25, 0.3) is 0 Å². The monoisotopic (exact) mass is 330 g/mol. The number of nitrogens with one attached hydrogen (secondary N) is 1. The third kappa shape index (κ3) is 4.14. The Hall–Kier alpha value is -3.34. The lowest BCUT2D eigenvalue weighted by atomic mass is 9.88. The van der Waals surface area contributed by atoms with Crippen LogP contribution in [-0.2, 0) is 0 Å². The number of carbonyl (C=O) groups is 1. The summed E-state index contributed by atoms with van der Waals surface area (Å²) >= 11 is 0. The van der Waals surface area contributed by atoms with E-state index < -0.39 is 0 Å². The van der Waals surface area contributed by atoms with E-state index >= 15 is 0 Å². The largest absolute Gasteiger partial charge is 0.291 e. The molecule has 0 unspecified atom stereocenters. The second kappa shape index (κ2) is 7.97. The molecule has 1 aromatic heterocycles. The van der Waals surface area contributed by atoms with Crippen molar-refractivity contribution in [3.05, 3.63) is 96.1 Å². The Bertz CT molecular complexity index is 809. The van der Waals surface area contributed by atoms with Gasteiger partial charge in [-0.3, -0.25) is 9.78 Å². The lowest BCUT2D eigenvalue weighted by Crippen LogP contribution is -2.22. The zero-order valence-electron chi connectivity index (χ0n) is 13.8. The molecule has 1 heterocycles. The van der Waals surface area contributed by atoms with Gasteiger partial charge < -0.3 is 0 Å². The van der Waals surface area contributed by atoms with Crippen molar-refractivity contribution in [2.45, 2.75) is 12.8 Å². The summed E-state index contributed by atoms with van der Waals surface area (Å²) in [6.45, 7) is 1.90. The van der Waals surface area contributed by atoms with Crippen molar-refractivity contribution < 1.29 is 4.79 Å². The van der Waals surface area contributed by atoms with Crippen LogP contribution in [0.15, 0.2) is 84.4 Å². The molecule has 1 amide bonds. The minimum atomic E-state index is -0.382. The molecule has 3 aromatic rings. The third-order valence-electron chi connectivity index (χ3n) is 3.81. The summed E-state index contributed by atoms with van der Waals surface area (Å²) in [6, 6.07) is 20.2. The average Bonchev–Trinajstić information content (AvgIpc) is 2.69. The summed E-state index contributed by atoms with van der Waals surface area (Å²) in [5.74, 6) is -0.420. The van der Waals surface area contributed by atoms with Crippen LogP contribution >= 0.6 is 0 Å². The number of amides is 1. The molecule has 0 atom stereocenters. The van der Waals surface area contributed by atoms with Crippen molar-refractivity contribution in [1.29, 1.82) is 0 Å². The van der Waals surface area contributed by atoms with Gasteiger partial charge in [-0.2, -0.15) is 5.10 Å². The standard InChI is InChI=1S/C20H18N4O/c1-15(23-24-20(25)18-14-21-12-13-22-18)19(16-8-4-2-5-9-16)17-10-6-3-7-11-17/h2-14,19H,1H3,(H,24,25)/b23-15+. The highest BCUT2D eigenvalue weighted by Gasteiger charge is 2.17. The van der Waals surface area contributed by atoms with Crippen LogP contribution in [0.2, 0.25) is 0 Å². The zero-order chi connectivity index (χ0) is 17.5. The lowest BCUT2D eigenvalue weighted by molar-refractivity contribution is 0.0949. The normalized spacial score (nSPS) is 11.4. The highest BCUT2D eigenvalue weighted by molar-refractivity contribution is 5.95. The maximum absolute atomic E-state index is 12.1. The molecular formula is C20H18N4O. The number of rotatable bonds is 5. The molecule has 124 valence electrons. The van der Waals surface area contributed by atoms with Gasteiger partial charge >= 0.3 is 0 Å². The number of carbonyl (C=O) groups excluding carboxylic acids is 1. The molecule has 0 aliphatic rings. The van der Waals surface area contributed by atoms with Gasteiger partial charge in [0.05, 0.1) is 6.20 Å². The fourth-order valence-corrected chi connectivity index (χ4v) is 2.64. The molecule has 0 saturated carbocycles. The van der Waals surface area contributed by atoms with Gasteiger partial charge in [-0.1, -0.05) is 60.7 Å². The fourth-order valence-electron chi connectivity index (χ4n) is 2.64. The fraction of sp³-hybridized carbons (Fsp3) is 0.100. The predicted octanol–water partition coefficient (Wildman–Crippen LogP) is 3.41. The second-order valence-corrected chi connectivity index (χ2v) is 5.54. The highest BCUT2D eigenvalue weighted by Crippen LogP contribution is 2.25. The van der Waals surface area contributed by atoms with Crippen molar-refractivity contribution in [3.8, 4) is 0 Å². The summed E-state index contributed by atoms with van der Waals surface area (Å²) in [4.78, 5) is 20.0. The summed E-state index contributed by atoms with van der Waals surface area (Å²) in [7, 11) is 0. The van der Waals surface area contributed by atoms with Crippen molar-refractivity contribution in [2.75, 3.05) is 0 Å². The molecule has 25 heavy (non-hydrogen) atoms. The van der Waals surface area contributed by atoms with Gasteiger partial charge in [0.15, 0.2) is 0 Å². The van der Waals surface area contributed by atoms with Crippen LogP contribution in [0.3, 0.4) is 0 Å². The topological polar surface area (TPSA) is 67.2 Å². The van der Waals surface area contributed by atoms with Gasteiger partial charge in [0, 0.05) is 24.0 Å². The van der Waals surface area contributed by atoms with Crippen LogP contribution in [-0.4, -0.2) is 21.6 Å². The van der Waals surface area contributed by atoms with E-state index in [2.05, 4.69) is 44.8 Å². The first-order valence-corrected chi connectivity index (χ1v) is 7.96. The smallest absolute Gasteiger partial charge is 0.265 e. The van der Waals surface area contributed by atoms with Gasteiger partial charge in [-0.15, -0.1) is 0 Å². The molecule has 1 N–H and O–H groups in total. The SMILES string of the molecule is C/C(=N\NC(=O)c1cnccn1)C(c1ccccc1)c1ccccc1. The van der Waals surface area contributed by atoms with E-state index in [1.54, 1.807) is 0 Å². The van der Waals surface area contributed by atoms with Gasteiger partial charge in [-0.05, 0) is 18.1 Å². The van der Waals surface area contributed by atoms with E-state index in [4.69, 9.17) is 0 Å². The van der Waals surface area contributed by atoms with E-state index in [1.165, 1.54) is 18.6 Å². The Kier molecular flexibility index (Phi) is 5.26. The van der Waals surface area contributed by atoms with E-state index in [0.717, 1.165) is 16.8 Å². The molecule has 5 heteroatoms. The van der Waals surface area contributed by atoms with Crippen LogP contribution in [0.1, 0.15) is 34.5 Å². The molecule has 0 aliphatic heterocycles. The maximum Gasteiger partial charge on any atom is 0.291 e. The van der Waals surface area contributed by atoms with E-state index in [0.29, 0.717) is 0 Å². The number of hydrogen-bond donors (Lipinski definition) is 1. The minimum Gasteiger partial charge on any atom is -0.265 e. The molecule has 5 nitrogen and oxygen atoms in total. The first-order chi connectivity index (χ1) is 12.3. The summed E-state index contributed by atoms with van der Waals surface area (Å²) in [5, 5.41) is 4.30. The third-order valence-corrected chi connectivity index (χ3v) is 3.81. The van der Waals surface area contributed by atoms with Crippen molar-refractivity contribution in [2.24, 2.45) is 5.10 Å². The first-order valence-electron chi connectivity index (χ1n) is 7.96. The summed E-state index contributed by atoms with van der Waals surface area (Å²) < 4.78 is 0.